The minimum Gasteiger partial charge on any atom is -0.399 e. The lowest BCUT2D eigenvalue weighted by atomic mass is 10.1. The van der Waals surface area contributed by atoms with Gasteiger partial charge in [-0.2, -0.15) is 10.2 Å². The van der Waals surface area contributed by atoms with Crippen molar-refractivity contribution in [2.75, 3.05) is 17.7 Å². The lowest BCUT2D eigenvalue weighted by molar-refractivity contribution is 0.0991. The normalized spacial score (nSPS) is 10.3. The topological polar surface area (TPSA) is 72.1 Å². The number of hydrogen-bond donors (Lipinski definition) is 1. The fourth-order valence-electron chi connectivity index (χ4n) is 1.96. The number of anilines is 2. The van der Waals surface area contributed by atoms with Crippen molar-refractivity contribution in [1.29, 1.82) is 0 Å². The van der Waals surface area contributed by atoms with E-state index in [0.717, 1.165) is 11.4 Å². The summed E-state index contributed by atoms with van der Waals surface area (Å²) in [6, 6.07) is 8.97. The number of aryl methyl sites for hydroxylation is 2. The van der Waals surface area contributed by atoms with Gasteiger partial charge in [0.25, 0.3) is 5.91 Å². The molecule has 0 atom stereocenters. The lowest BCUT2D eigenvalue weighted by Crippen LogP contribution is -2.27. The highest BCUT2D eigenvalue weighted by Gasteiger charge is 2.18. The number of amides is 1. The van der Waals surface area contributed by atoms with E-state index in [4.69, 9.17) is 5.73 Å². The van der Waals surface area contributed by atoms with Crippen molar-refractivity contribution in [1.82, 2.24) is 10.2 Å². The van der Waals surface area contributed by atoms with Gasteiger partial charge in [0.15, 0.2) is 0 Å². The third-order valence-corrected chi connectivity index (χ3v) is 3.14. The molecule has 5 nitrogen and oxygen atoms in total. The number of carbonyl (C=O) groups excluding carboxylic acids is 1. The maximum Gasteiger partial charge on any atom is 0.259 e. The number of carbonyl (C=O) groups is 1. The molecule has 0 aliphatic heterocycles. The Morgan fingerprint density at radius 3 is 2.50 bits per heavy atom. The molecule has 1 heterocycles. The zero-order chi connectivity index (χ0) is 14.7. The van der Waals surface area contributed by atoms with E-state index in [1.54, 1.807) is 30.1 Å². The van der Waals surface area contributed by atoms with Crippen LogP contribution in [0.2, 0.25) is 0 Å². The molecule has 2 N–H and O–H groups in total. The number of hydrogen-bond acceptors (Lipinski definition) is 4. The molecule has 1 amide bonds. The lowest BCUT2D eigenvalue weighted by Gasteiger charge is -2.18. The molecule has 0 aliphatic rings. The van der Waals surface area contributed by atoms with Crippen LogP contribution < -0.4 is 10.6 Å². The standard InChI is InChI=1S/C15H18N4O/c1-4-14-13(9-10(2)17-18-14)15(20)19(3)12-7-5-11(16)6-8-12/h5-9H,4,16H2,1-3H3. The predicted octanol–water partition coefficient (Wildman–Crippen LogP) is 2.21. The molecule has 0 spiro atoms. The quantitative estimate of drug-likeness (QED) is 0.868. The van der Waals surface area contributed by atoms with Crippen molar-refractivity contribution >= 4 is 17.3 Å². The monoisotopic (exact) mass is 270 g/mol. The molecular weight excluding hydrogens is 252 g/mol. The highest BCUT2D eigenvalue weighted by Crippen LogP contribution is 2.18. The number of benzene rings is 1. The van der Waals surface area contributed by atoms with Crippen molar-refractivity contribution in [3.8, 4) is 0 Å². The molecule has 104 valence electrons. The Morgan fingerprint density at radius 2 is 1.90 bits per heavy atom. The third-order valence-electron chi connectivity index (χ3n) is 3.14. The first-order valence-electron chi connectivity index (χ1n) is 6.49. The van der Waals surface area contributed by atoms with Crippen LogP contribution in [0.3, 0.4) is 0 Å². The summed E-state index contributed by atoms with van der Waals surface area (Å²) >= 11 is 0. The highest BCUT2D eigenvalue weighted by atomic mass is 16.2. The Hall–Kier alpha value is -2.43. The molecule has 2 rings (SSSR count). The van der Waals surface area contributed by atoms with Crippen molar-refractivity contribution in [2.24, 2.45) is 0 Å². The smallest absolute Gasteiger partial charge is 0.259 e. The Kier molecular flexibility index (Phi) is 3.98. The summed E-state index contributed by atoms with van der Waals surface area (Å²) in [4.78, 5) is 14.2. The Labute approximate surface area is 118 Å². The molecule has 0 fully saturated rings. The number of nitrogens with zero attached hydrogens (tertiary/aromatic N) is 3. The second-order valence-corrected chi connectivity index (χ2v) is 4.66. The van der Waals surface area contributed by atoms with E-state index in [-0.39, 0.29) is 5.91 Å². The number of nitrogen functional groups attached to an aromatic ring is 1. The summed E-state index contributed by atoms with van der Waals surface area (Å²) in [6.07, 6.45) is 0.671. The number of rotatable bonds is 3. The first kappa shape index (κ1) is 14.0. The van der Waals surface area contributed by atoms with Crippen LogP contribution in [0.5, 0.6) is 0 Å². The zero-order valence-electron chi connectivity index (χ0n) is 11.9. The third kappa shape index (κ3) is 2.77. The van der Waals surface area contributed by atoms with Gasteiger partial charge in [-0.05, 0) is 43.7 Å². The van der Waals surface area contributed by atoms with E-state index in [1.165, 1.54) is 0 Å². The Bertz CT molecular complexity index is 622. The first-order chi connectivity index (χ1) is 9.52. The van der Waals surface area contributed by atoms with Crippen LogP contribution in [0.15, 0.2) is 30.3 Å². The van der Waals surface area contributed by atoms with Crippen LogP contribution >= 0.6 is 0 Å². The van der Waals surface area contributed by atoms with Crippen LogP contribution in [0.1, 0.15) is 28.7 Å². The SMILES string of the molecule is CCc1nnc(C)cc1C(=O)N(C)c1ccc(N)cc1. The molecule has 0 saturated heterocycles. The van der Waals surface area contributed by atoms with Gasteiger partial charge in [0.1, 0.15) is 0 Å². The van der Waals surface area contributed by atoms with Crippen molar-refractivity contribution in [3.05, 3.63) is 47.3 Å². The minimum atomic E-state index is -0.0929. The average molecular weight is 270 g/mol. The summed E-state index contributed by atoms with van der Waals surface area (Å²) in [6.45, 7) is 3.78. The van der Waals surface area contributed by atoms with Crippen LogP contribution in [0.25, 0.3) is 0 Å². The zero-order valence-corrected chi connectivity index (χ0v) is 11.9. The molecular formula is C15H18N4O. The summed E-state index contributed by atoms with van der Waals surface area (Å²) in [5, 5.41) is 8.09. The summed E-state index contributed by atoms with van der Waals surface area (Å²) in [5.41, 5.74) is 9.16. The number of aromatic nitrogens is 2. The molecule has 2 aromatic rings. The van der Waals surface area contributed by atoms with Crippen LogP contribution in [0.4, 0.5) is 11.4 Å². The molecule has 1 aromatic heterocycles. The summed E-state index contributed by atoms with van der Waals surface area (Å²) < 4.78 is 0. The molecule has 0 unspecified atom stereocenters. The van der Waals surface area contributed by atoms with Crippen LogP contribution in [-0.4, -0.2) is 23.2 Å². The van der Waals surface area contributed by atoms with Crippen molar-refractivity contribution in [3.63, 3.8) is 0 Å². The van der Waals surface area contributed by atoms with Crippen molar-refractivity contribution < 1.29 is 4.79 Å². The van der Waals surface area contributed by atoms with Gasteiger partial charge in [-0.3, -0.25) is 4.79 Å². The molecule has 5 heteroatoms. The van der Waals surface area contributed by atoms with Gasteiger partial charge < -0.3 is 10.6 Å². The van der Waals surface area contributed by atoms with Crippen molar-refractivity contribution in [2.45, 2.75) is 20.3 Å². The van der Waals surface area contributed by atoms with Gasteiger partial charge >= 0.3 is 0 Å². The summed E-state index contributed by atoms with van der Waals surface area (Å²) in [7, 11) is 1.74. The predicted molar refractivity (Wildman–Crippen MR) is 79.7 cm³/mol. The molecule has 0 aliphatic carbocycles. The maximum atomic E-state index is 12.6. The molecule has 0 saturated carbocycles. The van der Waals surface area contributed by atoms with Gasteiger partial charge in [-0.25, -0.2) is 0 Å². The minimum absolute atomic E-state index is 0.0929. The number of nitrogens with two attached hydrogens (primary N) is 1. The largest absolute Gasteiger partial charge is 0.399 e. The fraction of sp³-hybridized carbons (Fsp3) is 0.267. The second kappa shape index (κ2) is 5.69. The van der Waals surface area contributed by atoms with E-state index in [2.05, 4.69) is 10.2 Å². The molecule has 1 aromatic carbocycles. The average Bonchev–Trinajstić information content (AvgIpc) is 2.46. The molecule has 0 bridgehead atoms. The van der Waals surface area contributed by atoms with E-state index in [0.29, 0.717) is 23.4 Å². The van der Waals surface area contributed by atoms with Gasteiger partial charge in [0, 0.05) is 18.4 Å². The van der Waals surface area contributed by atoms with E-state index >= 15 is 0 Å². The van der Waals surface area contributed by atoms with Gasteiger partial charge in [-0.1, -0.05) is 6.92 Å². The first-order valence-corrected chi connectivity index (χ1v) is 6.49. The fourth-order valence-corrected chi connectivity index (χ4v) is 1.96. The molecule has 0 radical (unpaired) electrons. The Morgan fingerprint density at radius 1 is 1.25 bits per heavy atom. The Balaban J connectivity index is 2.35. The van der Waals surface area contributed by atoms with Crippen LogP contribution in [-0.2, 0) is 6.42 Å². The van der Waals surface area contributed by atoms with Crippen LogP contribution in [0, 0.1) is 6.92 Å². The maximum absolute atomic E-state index is 12.6. The van der Waals surface area contributed by atoms with Gasteiger partial charge in [-0.15, -0.1) is 0 Å². The van der Waals surface area contributed by atoms with E-state index in [9.17, 15) is 4.79 Å². The van der Waals surface area contributed by atoms with E-state index in [1.807, 2.05) is 26.0 Å². The second-order valence-electron chi connectivity index (χ2n) is 4.66. The van der Waals surface area contributed by atoms with Gasteiger partial charge in [0.2, 0.25) is 0 Å². The highest BCUT2D eigenvalue weighted by molar-refractivity contribution is 6.06. The summed E-state index contributed by atoms with van der Waals surface area (Å²) in [5.74, 6) is -0.0929. The van der Waals surface area contributed by atoms with E-state index < -0.39 is 0 Å². The van der Waals surface area contributed by atoms with Gasteiger partial charge in [0.05, 0.1) is 17.0 Å². The molecule has 20 heavy (non-hydrogen) atoms.